The van der Waals surface area contributed by atoms with Crippen LogP contribution in [0.25, 0.3) is 0 Å². The molecule has 0 N–H and O–H groups in total. The number of aromatic nitrogens is 2. The summed E-state index contributed by atoms with van der Waals surface area (Å²) in [4.78, 5) is 9.59. The van der Waals surface area contributed by atoms with Gasteiger partial charge < -0.3 is 4.52 Å². The molecule has 136 valence electrons. The minimum absolute atomic E-state index is 0.0757. The number of aryl methyl sites for hydroxylation is 1. The van der Waals surface area contributed by atoms with Crippen molar-refractivity contribution in [2.75, 3.05) is 26.2 Å². The van der Waals surface area contributed by atoms with Gasteiger partial charge in [0.1, 0.15) is 0 Å². The molecule has 0 radical (unpaired) electrons. The lowest BCUT2D eigenvalue weighted by Crippen LogP contribution is -2.46. The van der Waals surface area contributed by atoms with E-state index in [0.29, 0.717) is 0 Å². The number of benzene rings is 1. The van der Waals surface area contributed by atoms with E-state index in [0.717, 1.165) is 44.4 Å². The van der Waals surface area contributed by atoms with Crippen LogP contribution in [0.3, 0.4) is 0 Å². The normalized spacial score (nSPS) is 18.4. The van der Waals surface area contributed by atoms with E-state index in [-0.39, 0.29) is 11.5 Å². The SMILES string of the molecule is Cc1ccccc1CN1CCN(C(C)c2nc(C(C)(C)C)no2)CC1. The predicted molar refractivity (Wildman–Crippen MR) is 99.4 cm³/mol. The summed E-state index contributed by atoms with van der Waals surface area (Å²) in [5.41, 5.74) is 2.72. The van der Waals surface area contributed by atoms with Crippen LogP contribution in [0.15, 0.2) is 28.8 Å². The van der Waals surface area contributed by atoms with Crippen molar-refractivity contribution in [1.82, 2.24) is 19.9 Å². The highest BCUT2D eigenvalue weighted by Crippen LogP contribution is 2.25. The quantitative estimate of drug-likeness (QED) is 0.850. The molecule has 2 heterocycles. The minimum atomic E-state index is -0.0757. The zero-order valence-electron chi connectivity index (χ0n) is 16.1. The maximum absolute atomic E-state index is 5.53. The van der Waals surface area contributed by atoms with Gasteiger partial charge in [-0.05, 0) is 25.0 Å². The zero-order chi connectivity index (χ0) is 18.0. The number of hydrogen-bond donors (Lipinski definition) is 0. The Bertz CT molecular complexity index is 696. The Morgan fingerprint density at radius 2 is 1.80 bits per heavy atom. The van der Waals surface area contributed by atoms with Crippen molar-refractivity contribution in [3.05, 3.63) is 47.1 Å². The number of rotatable bonds is 4. The first kappa shape index (κ1) is 18.1. The molecule has 0 bridgehead atoms. The summed E-state index contributed by atoms with van der Waals surface area (Å²) in [6.45, 7) is 15.9. The first-order valence-corrected chi connectivity index (χ1v) is 9.19. The van der Waals surface area contributed by atoms with Gasteiger partial charge >= 0.3 is 0 Å². The van der Waals surface area contributed by atoms with Gasteiger partial charge in [-0.25, -0.2) is 0 Å². The highest BCUT2D eigenvalue weighted by atomic mass is 16.5. The van der Waals surface area contributed by atoms with Crippen LogP contribution in [0.4, 0.5) is 0 Å². The van der Waals surface area contributed by atoms with E-state index < -0.39 is 0 Å². The fourth-order valence-electron chi connectivity index (χ4n) is 3.20. The highest BCUT2D eigenvalue weighted by Gasteiger charge is 2.28. The summed E-state index contributed by atoms with van der Waals surface area (Å²) in [5, 5.41) is 4.16. The van der Waals surface area contributed by atoms with E-state index in [4.69, 9.17) is 4.52 Å². The second kappa shape index (κ2) is 7.26. The summed E-state index contributed by atoms with van der Waals surface area (Å²) in [7, 11) is 0. The third-order valence-electron chi connectivity index (χ3n) is 5.08. The fourth-order valence-corrected chi connectivity index (χ4v) is 3.20. The summed E-state index contributed by atoms with van der Waals surface area (Å²) in [6, 6.07) is 8.83. The molecule has 0 saturated carbocycles. The van der Waals surface area contributed by atoms with E-state index in [2.05, 4.69) is 78.8 Å². The van der Waals surface area contributed by atoms with Gasteiger partial charge in [0.2, 0.25) is 5.89 Å². The van der Waals surface area contributed by atoms with Crippen molar-refractivity contribution < 1.29 is 4.52 Å². The maximum Gasteiger partial charge on any atom is 0.243 e. The monoisotopic (exact) mass is 342 g/mol. The van der Waals surface area contributed by atoms with E-state index in [1.54, 1.807) is 0 Å². The Balaban J connectivity index is 1.57. The van der Waals surface area contributed by atoms with Gasteiger partial charge in [0, 0.05) is 38.1 Å². The van der Waals surface area contributed by atoms with E-state index in [1.165, 1.54) is 11.1 Å². The molecule has 1 aromatic heterocycles. The molecule has 5 nitrogen and oxygen atoms in total. The summed E-state index contributed by atoms with van der Waals surface area (Å²) >= 11 is 0. The molecule has 3 rings (SSSR count). The van der Waals surface area contributed by atoms with Crippen LogP contribution in [0, 0.1) is 6.92 Å². The molecular weight excluding hydrogens is 312 g/mol. The molecule has 1 aliphatic heterocycles. The number of piperazine rings is 1. The zero-order valence-corrected chi connectivity index (χ0v) is 16.1. The number of nitrogens with zero attached hydrogens (tertiary/aromatic N) is 4. The van der Waals surface area contributed by atoms with Crippen molar-refractivity contribution >= 4 is 0 Å². The van der Waals surface area contributed by atoms with Gasteiger partial charge in [-0.15, -0.1) is 0 Å². The molecule has 1 aliphatic rings. The van der Waals surface area contributed by atoms with E-state index in [9.17, 15) is 0 Å². The van der Waals surface area contributed by atoms with Gasteiger partial charge in [0.25, 0.3) is 0 Å². The average Bonchev–Trinajstić information content (AvgIpc) is 3.07. The summed E-state index contributed by atoms with van der Waals surface area (Å²) in [5.74, 6) is 1.52. The largest absolute Gasteiger partial charge is 0.338 e. The van der Waals surface area contributed by atoms with Crippen molar-refractivity contribution in [2.45, 2.75) is 52.6 Å². The van der Waals surface area contributed by atoms with Crippen LogP contribution in [0.1, 0.15) is 56.6 Å². The Morgan fingerprint density at radius 3 is 2.40 bits per heavy atom. The molecule has 1 aromatic carbocycles. The smallest absolute Gasteiger partial charge is 0.243 e. The standard InChI is InChI=1S/C20H30N4O/c1-15-8-6-7-9-17(15)14-23-10-12-24(13-11-23)16(2)18-21-19(22-25-18)20(3,4)5/h6-9,16H,10-14H2,1-5H3. The molecule has 0 spiro atoms. The van der Waals surface area contributed by atoms with Crippen LogP contribution in [0.5, 0.6) is 0 Å². The second-order valence-electron chi connectivity index (χ2n) is 8.12. The molecule has 1 saturated heterocycles. The van der Waals surface area contributed by atoms with Crippen molar-refractivity contribution in [2.24, 2.45) is 0 Å². The number of hydrogen-bond acceptors (Lipinski definition) is 5. The molecular formula is C20H30N4O. The maximum atomic E-state index is 5.53. The third-order valence-corrected chi connectivity index (χ3v) is 5.08. The Morgan fingerprint density at radius 1 is 1.12 bits per heavy atom. The van der Waals surface area contributed by atoms with Crippen LogP contribution in [-0.4, -0.2) is 46.1 Å². The second-order valence-corrected chi connectivity index (χ2v) is 8.12. The van der Waals surface area contributed by atoms with Gasteiger partial charge in [0.15, 0.2) is 5.82 Å². The molecule has 5 heteroatoms. The van der Waals surface area contributed by atoms with Crippen molar-refractivity contribution in [1.29, 1.82) is 0 Å². The van der Waals surface area contributed by atoms with Crippen LogP contribution in [0.2, 0.25) is 0 Å². The lowest BCUT2D eigenvalue weighted by Gasteiger charge is -2.37. The summed E-state index contributed by atoms with van der Waals surface area (Å²) < 4.78 is 5.53. The average molecular weight is 342 g/mol. The summed E-state index contributed by atoms with van der Waals surface area (Å²) in [6.07, 6.45) is 0. The molecule has 25 heavy (non-hydrogen) atoms. The molecule has 2 aromatic rings. The first-order valence-electron chi connectivity index (χ1n) is 9.19. The van der Waals surface area contributed by atoms with Crippen molar-refractivity contribution in [3.8, 4) is 0 Å². The fraction of sp³-hybridized carbons (Fsp3) is 0.600. The predicted octanol–water partition coefficient (Wildman–Crippen LogP) is 3.55. The highest BCUT2D eigenvalue weighted by molar-refractivity contribution is 5.25. The van der Waals surface area contributed by atoms with E-state index in [1.807, 2.05) is 0 Å². The Kier molecular flexibility index (Phi) is 5.25. The Hall–Kier alpha value is -1.72. The molecule has 1 atom stereocenters. The van der Waals surface area contributed by atoms with Gasteiger partial charge in [0.05, 0.1) is 6.04 Å². The van der Waals surface area contributed by atoms with Crippen LogP contribution < -0.4 is 0 Å². The molecule has 1 fully saturated rings. The lowest BCUT2D eigenvalue weighted by molar-refractivity contribution is 0.0844. The molecule has 0 aliphatic carbocycles. The van der Waals surface area contributed by atoms with Crippen LogP contribution in [-0.2, 0) is 12.0 Å². The Labute approximate surface area is 151 Å². The molecule has 0 amide bonds. The first-order chi connectivity index (χ1) is 11.8. The van der Waals surface area contributed by atoms with Gasteiger partial charge in [-0.3, -0.25) is 9.80 Å². The van der Waals surface area contributed by atoms with Crippen molar-refractivity contribution in [3.63, 3.8) is 0 Å². The molecule has 1 unspecified atom stereocenters. The third kappa shape index (κ3) is 4.28. The van der Waals surface area contributed by atoms with E-state index >= 15 is 0 Å². The topological polar surface area (TPSA) is 45.4 Å². The minimum Gasteiger partial charge on any atom is -0.338 e. The van der Waals surface area contributed by atoms with Gasteiger partial charge in [-0.1, -0.05) is 50.2 Å². The lowest BCUT2D eigenvalue weighted by atomic mass is 9.96. The van der Waals surface area contributed by atoms with Crippen LogP contribution >= 0.6 is 0 Å². The van der Waals surface area contributed by atoms with Gasteiger partial charge in [-0.2, -0.15) is 4.98 Å².